The first-order valence-electron chi connectivity index (χ1n) is 18.1. The lowest BCUT2D eigenvalue weighted by Crippen LogP contribution is -2.47. The summed E-state index contributed by atoms with van der Waals surface area (Å²) in [5.41, 5.74) is -5.67. The first-order valence-corrected chi connectivity index (χ1v) is 19.8. The van der Waals surface area contributed by atoms with Crippen LogP contribution in [0.1, 0.15) is 51.2 Å². The van der Waals surface area contributed by atoms with E-state index in [1.54, 1.807) is 0 Å². The van der Waals surface area contributed by atoms with Gasteiger partial charge in [-0.15, -0.1) is 0 Å². The van der Waals surface area contributed by atoms with Gasteiger partial charge in [0.05, 0.1) is 31.7 Å². The molecule has 2 saturated heterocycles. The van der Waals surface area contributed by atoms with E-state index >= 15 is 0 Å². The minimum absolute atomic E-state index is 0.0820. The minimum atomic E-state index is -4.79. The van der Waals surface area contributed by atoms with Gasteiger partial charge < -0.3 is 9.80 Å². The van der Waals surface area contributed by atoms with Gasteiger partial charge in [-0.25, -0.2) is 0 Å². The van der Waals surface area contributed by atoms with Crippen LogP contribution < -0.4 is 20.9 Å². The molecule has 4 aromatic rings. The fourth-order valence-corrected chi connectivity index (χ4v) is 8.53. The Morgan fingerprint density at radius 1 is 0.684 bits per heavy atom. The monoisotopic (exact) mass is 846 g/mol. The van der Waals surface area contributed by atoms with Crippen molar-refractivity contribution >= 4 is 64.5 Å². The normalized spacial score (nSPS) is 16.0. The molecular weight excluding hydrogens is 807 g/mol. The van der Waals surface area contributed by atoms with E-state index in [0.717, 1.165) is 81.2 Å². The molecule has 2 aliphatic heterocycles. The molecule has 2 aromatic carbocycles. The number of nitro groups is 2. The Kier molecular flexibility index (Phi) is 13.7. The molecule has 2 fully saturated rings. The van der Waals surface area contributed by atoms with Crippen LogP contribution in [0, 0.1) is 26.1 Å². The molecule has 0 unspecified atom stereocenters. The number of nitrogens with zero attached hydrogens (tertiary/aromatic N) is 8. The number of aromatic nitrogens is 2. The molecule has 310 valence electrons. The van der Waals surface area contributed by atoms with Crippen molar-refractivity contribution < 1.29 is 36.2 Å². The smallest absolute Gasteiger partial charge is 0.345 e. The molecule has 2 aromatic heterocycles. The number of nitro benzene ring substituents is 2. The van der Waals surface area contributed by atoms with E-state index in [2.05, 4.69) is 40.5 Å². The largest absolute Gasteiger partial charge is 0.416 e. The van der Waals surface area contributed by atoms with Crippen molar-refractivity contribution in [3.05, 3.63) is 76.3 Å². The average Bonchev–Trinajstić information content (AvgIpc) is 3.15. The number of hydrogen-bond acceptors (Lipinski definition) is 14. The Morgan fingerprint density at radius 3 is 1.40 bits per heavy atom. The predicted molar refractivity (Wildman–Crippen MR) is 207 cm³/mol. The summed E-state index contributed by atoms with van der Waals surface area (Å²) < 4.78 is 78.1. The van der Waals surface area contributed by atoms with Crippen molar-refractivity contribution in [1.82, 2.24) is 19.8 Å². The van der Waals surface area contributed by atoms with Crippen LogP contribution in [-0.2, 0) is 12.4 Å². The van der Waals surface area contributed by atoms with E-state index < -0.39 is 55.8 Å². The number of piperazine rings is 2. The van der Waals surface area contributed by atoms with Crippen LogP contribution in [-0.4, -0.2) is 95.1 Å². The van der Waals surface area contributed by atoms with Crippen molar-refractivity contribution in [2.24, 2.45) is 5.92 Å². The zero-order valence-electron chi connectivity index (χ0n) is 31.2. The second-order valence-corrected chi connectivity index (χ2v) is 16.0. The maximum Gasteiger partial charge on any atom is 0.416 e. The maximum absolute atomic E-state index is 13.1. The number of fused-ring (bicyclic) bond motifs is 2. The molecule has 0 bridgehead atoms. The zero-order chi connectivity index (χ0) is 41.8. The second-order valence-electron chi connectivity index (χ2n) is 14.1. The summed E-state index contributed by atoms with van der Waals surface area (Å²) in [6, 6.07) is 2.24. The van der Waals surface area contributed by atoms with Crippen LogP contribution in [0.4, 0.5) is 48.0 Å². The summed E-state index contributed by atoms with van der Waals surface area (Å²) >= 11 is 1.78. The van der Waals surface area contributed by atoms with Crippen LogP contribution in [0.25, 0.3) is 20.2 Å². The molecule has 22 heteroatoms. The molecule has 0 atom stereocenters. The number of unbranched alkanes of at least 4 members (excludes halogenated alkanes) is 1. The van der Waals surface area contributed by atoms with Crippen molar-refractivity contribution in [3.63, 3.8) is 0 Å². The number of benzene rings is 2. The van der Waals surface area contributed by atoms with Gasteiger partial charge in [-0.05, 0) is 44.0 Å². The summed E-state index contributed by atoms with van der Waals surface area (Å²) in [6.07, 6.45) is -6.31. The van der Waals surface area contributed by atoms with Crippen molar-refractivity contribution in [2.75, 3.05) is 75.2 Å². The summed E-state index contributed by atoms with van der Waals surface area (Å²) in [4.78, 5) is 61.9. The molecule has 6 rings (SSSR count). The lowest BCUT2D eigenvalue weighted by molar-refractivity contribution is -0.383. The van der Waals surface area contributed by atoms with Crippen molar-refractivity contribution in [1.29, 1.82) is 0 Å². The summed E-state index contributed by atoms with van der Waals surface area (Å²) in [6.45, 7) is 13.9. The van der Waals surface area contributed by atoms with Crippen molar-refractivity contribution in [3.8, 4) is 0 Å². The third-order valence-electron chi connectivity index (χ3n) is 9.56. The quantitative estimate of drug-likeness (QED) is 0.0895. The maximum atomic E-state index is 13.1. The molecular formula is C35H40F6N8O6S2. The molecule has 0 saturated carbocycles. The van der Waals surface area contributed by atoms with Crippen LogP contribution in [0.5, 0.6) is 0 Å². The predicted octanol–water partition coefficient (Wildman–Crippen LogP) is 7.26. The fraction of sp³-hybridized carbons (Fsp3) is 0.543. The Bertz CT molecular complexity index is 2220. The van der Waals surface area contributed by atoms with Crippen LogP contribution >= 0.6 is 22.7 Å². The van der Waals surface area contributed by atoms with Gasteiger partial charge in [0, 0.05) is 64.5 Å². The minimum Gasteiger partial charge on any atom is -0.345 e. The van der Waals surface area contributed by atoms with Crippen LogP contribution in [0.2, 0.25) is 0 Å². The number of rotatable bonds is 10. The van der Waals surface area contributed by atoms with E-state index in [1.807, 2.05) is 9.80 Å². The van der Waals surface area contributed by atoms with Gasteiger partial charge in [0.25, 0.3) is 22.5 Å². The number of anilines is 2. The standard InChI is InChI=1S/C18H21F3N4O3S.C17H19F3N4O3S/c1-11(2)3-4-23-5-7-24(8-6-23)17-22-16(26)13-9-12(18(19,20)21)10-14(25(27)28)15(13)29-17;1-2-3-4-22-5-7-23(8-6-22)16-21-15(25)12-9-11(17(18,19)20)10-13(24(26)27)14(12)28-16/h9-11H,3-8H2,1-2H3;9-10H,2-8H2,1H3. The molecule has 57 heavy (non-hydrogen) atoms. The van der Waals surface area contributed by atoms with Gasteiger partial charge in [-0.1, -0.05) is 49.9 Å². The number of alkyl halides is 6. The molecule has 4 heterocycles. The SMILES string of the molecule is CC(C)CCN1CCN(c2nc(=O)c3cc(C(F)(F)F)cc([N+](=O)[O-])c3s2)CC1.CCCCN1CCN(c2nc(=O)c3cc(C(F)(F)F)cc([N+](=O)[O-])c3s2)CC1. The van der Waals surface area contributed by atoms with Gasteiger partial charge >= 0.3 is 12.4 Å². The highest BCUT2D eigenvalue weighted by Gasteiger charge is 2.36. The van der Waals surface area contributed by atoms with Gasteiger partial charge in [0.15, 0.2) is 10.3 Å². The lowest BCUT2D eigenvalue weighted by Gasteiger charge is -2.35. The third kappa shape index (κ3) is 10.7. The first-order chi connectivity index (χ1) is 26.8. The Labute approximate surface area is 329 Å². The molecule has 0 spiro atoms. The average molecular weight is 847 g/mol. The molecule has 0 aliphatic carbocycles. The number of hydrogen-bond donors (Lipinski definition) is 0. The highest BCUT2D eigenvalue weighted by Crippen LogP contribution is 2.40. The molecule has 14 nitrogen and oxygen atoms in total. The summed E-state index contributed by atoms with van der Waals surface area (Å²) in [5.74, 6) is 0.600. The van der Waals surface area contributed by atoms with E-state index in [-0.39, 0.29) is 20.2 Å². The van der Waals surface area contributed by atoms with E-state index in [0.29, 0.717) is 66.6 Å². The highest BCUT2D eigenvalue weighted by atomic mass is 32.1. The molecule has 0 N–H and O–H groups in total. The second kappa shape index (κ2) is 17.9. The Morgan fingerprint density at radius 2 is 1.07 bits per heavy atom. The first kappa shape index (κ1) is 43.6. The zero-order valence-corrected chi connectivity index (χ0v) is 32.8. The van der Waals surface area contributed by atoms with E-state index in [9.17, 15) is 56.2 Å². The summed E-state index contributed by atoms with van der Waals surface area (Å²) in [7, 11) is 0. The van der Waals surface area contributed by atoms with Gasteiger partial charge in [0.1, 0.15) is 9.40 Å². The molecule has 0 radical (unpaired) electrons. The molecule has 2 aliphatic rings. The molecule has 0 amide bonds. The topological polar surface area (TPSA) is 159 Å². The number of non-ortho nitro benzene ring substituents is 2. The Hall–Kier alpha value is -4.54. The van der Waals surface area contributed by atoms with Gasteiger partial charge in [0.2, 0.25) is 0 Å². The third-order valence-corrected chi connectivity index (χ3v) is 11.9. The van der Waals surface area contributed by atoms with E-state index in [1.165, 1.54) is 0 Å². The van der Waals surface area contributed by atoms with E-state index in [4.69, 9.17) is 0 Å². The van der Waals surface area contributed by atoms with Crippen LogP contribution in [0.15, 0.2) is 33.9 Å². The summed E-state index contributed by atoms with van der Waals surface area (Å²) in [5, 5.41) is 22.5. The van der Waals surface area contributed by atoms with Gasteiger partial charge in [-0.2, -0.15) is 36.3 Å². The number of halogens is 6. The highest BCUT2D eigenvalue weighted by molar-refractivity contribution is 7.22. The van der Waals surface area contributed by atoms with Crippen molar-refractivity contribution in [2.45, 2.75) is 52.4 Å². The fourth-order valence-electron chi connectivity index (χ4n) is 6.30. The van der Waals surface area contributed by atoms with Gasteiger partial charge in [-0.3, -0.25) is 39.6 Å². The lowest BCUT2D eigenvalue weighted by atomic mass is 10.1. The van der Waals surface area contributed by atoms with Crippen LogP contribution in [0.3, 0.4) is 0 Å². The Balaban J connectivity index is 0.000000218.